The van der Waals surface area contributed by atoms with Crippen LogP contribution >= 0.6 is 22.9 Å². The zero-order valence-electron chi connectivity index (χ0n) is 24.3. The first-order valence-electron chi connectivity index (χ1n) is 14.5. The molecule has 1 aromatic heterocycles. The number of aryl methyl sites for hydroxylation is 1. The highest BCUT2D eigenvalue weighted by molar-refractivity contribution is 7.89. The van der Waals surface area contributed by atoms with Crippen molar-refractivity contribution >= 4 is 54.2 Å². The maximum Gasteiger partial charge on any atom is 0.260 e. The van der Waals surface area contributed by atoms with Crippen molar-refractivity contribution in [2.24, 2.45) is 0 Å². The number of morpholine rings is 1. The van der Waals surface area contributed by atoms with Crippen molar-refractivity contribution in [2.75, 3.05) is 57.4 Å². The number of hydrogen-bond donors (Lipinski definition) is 0. The highest BCUT2D eigenvalue weighted by Gasteiger charge is 2.26. The number of amides is 1. The Balaban J connectivity index is 1.58. The molecule has 0 N–H and O–H groups in total. The Morgan fingerprint density at radius 2 is 1.68 bits per heavy atom. The lowest BCUT2D eigenvalue weighted by molar-refractivity contribution is 0.0376. The Kier molecular flexibility index (Phi) is 11.6. The number of hydrogen-bond acceptors (Lipinski definition) is 7. The molecule has 11 heteroatoms. The molecule has 0 spiro atoms. The zero-order valence-corrected chi connectivity index (χ0v) is 26.7. The summed E-state index contributed by atoms with van der Waals surface area (Å²) in [5.41, 5.74) is 2.22. The number of benzene rings is 2. The second kappa shape index (κ2) is 14.9. The van der Waals surface area contributed by atoms with Crippen molar-refractivity contribution in [2.45, 2.75) is 57.8 Å². The minimum atomic E-state index is -3.64. The van der Waals surface area contributed by atoms with Crippen molar-refractivity contribution in [1.29, 1.82) is 0 Å². The van der Waals surface area contributed by atoms with Crippen LogP contribution in [0, 0.1) is 6.92 Å². The number of aromatic nitrogens is 1. The van der Waals surface area contributed by atoms with Gasteiger partial charge < -0.3 is 4.74 Å². The second-order valence-electron chi connectivity index (χ2n) is 10.5. The maximum atomic E-state index is 13.9. The van der Waals surface area contributed by atoms with Crippen LogP contribution in [0.4, 0.5) is 5.13 Å². The van der Waals surface area contributed by atoms with Crippen molar-refractivity contribution in [3.63, 3.8) is 0 Å². The SMILES string of the molecule is CCCCN(CCCC)S(=O)(=O)c1ccc(C(=O)N(CCCN2CCOCC2)c2nc3c(C)cc(Cl)cc3s2)cc1. The van der Waals surface area contributed by atoms with E-state index in [1.807, 2.05) is 19.1 Å². The summed E-state index contributed by atoms with van der Waals surface area (Å²) >= 11 is 7.74. The minimum Gasteiger partial charge on any atom is -0.379 e. The number of carbonyl (C=O) groups excluding carboxylic acids is 1. The van der Waals surface area contributed by atoms with E-state index in [0.717, 1.165) is 80.7 Å². The lowest BCUT2D eigenvalue weighted by Crippen LogP contribution is -2.39. The lowest BCUT2D eigenvalue weighted by Gasteiger charge is -2.27. The molecule has 0 aliphatic carbocycles. The maximum absolute atomic E-state index is 13.9. The van der Waals surface area contributed by atoms with Gasteiger partial charge in [0.2, 0.25) is 10.0 Å². The molecule has 4 rings (SSSR count). The van der Waals surface area contributed by atoms with Crippen LogP contribution in [0.15, 0.2) is 41.3 Å². The molecular weight excluding hydrogens is 580 g/mol. The highest BCUT2D eigenvalue weighted by Crippen LogP contribution is 2.34. The number of unbranched alkanes of at least 4 members (excludes halogenated alkanes) is 2. The van der Waals surface area contributed by atoms with Gasteiger partial charge in [-0.1, -0.05) is 49.6 Å². The lowest BCUT2D eigenvalue weighted by atomic mass is 10.2. The molecule has 8 nitrogen and oxygen atoms in total. The Morgan fingerprint density at radius 1 is 1.02 bits per heavy atom. The number of anilines is 1. The number of ether oxygens (including phenoxy) is 1. The van der Waals surface area contributed by atoms with E-state index in [1.165, 1.54) is 11.3 Å². The molecule has 1 aliphatic rings. The highest BCUT2D eigenvalue weighted by atomic mass is 35.5. The van der Waals surface area contributed by atoms with E-state index in [0.29, 0.717) is 35.4 Å². The molecule has 0 saturated carbocycles. The van der Waals surface area contributed by atoms with Crippen LogP contribution in [0.3, 0.4) is 0 Å². The largest absolute Gasteiger partial charge is 0.379 e. The van der Waals surface area contributed by atoms with Crippen LogP contribution in [0.2, 0.25) is 5.02 Å². The van der Waals surface area contributed by atoms with E-state index >= 15 is 0 Å². The monoisotopic (exact) mass is 620 g/mol. The number of rotatable bonds is 14. The number of sulfonamides is 1. The first kappa shape index (κ1) is 31.8. The fraction of sp³-hybridized carbons (Fsp3) is 0.533. The van der Waals surface area contributed by atoms with E-state index in [1.54, 1.807) is 33.5 Å². The number of carbonyl (C=O) groups is 1. The molecule has 1 aliphatic heterocycles. The molecule has 0 atom stereocenters. The van der Waals surface area contributed by atoms with Gasteiger partial charge in [-0.2, -0.15) is 4.31 Å². The third-order valence-corrected chi connectivity index (χ3v) is 10.5. The van der Waals surface area contributed by atoms with E-state index in [-0.39, 0.29) is 10.8 Å². The van der Waals surface area contributed by atoms with E-state index in [4.69, 9.17) is 21.3 Å². The van der Waals surface area contributed by atoms with Gasteiger partial charge in [0, 0.05) is 49.9 Å². The van der Waals surface area contributed by atoms with E-state index in [9.17, 15) is 13.2 Å². The third kappa shape index (κ3) is 8.06. The summed E-state index contributed by atoms with van der Waals surface area (Å²) < 4.78 is 34.8. The zero-order chi connectivity index (χ0) is 29.4. The second-order valence-corrected chi connectivity index (χ2v) is 13.8. The predicted molar refractivity (Wildman–Crippen MR) is 168 cm³/mol. The molecule has 41 heavy (non-hydrogen) atoms. The van der Waals surface area contributed by atoms with Gasteiger partial charge >= 0.3 is 0 Å². The molecule has 1 amide bonds. The smallest absolute Gasteiger partial charge is 0.260 e. The summed E-state index contributed by atoms with van der Waals surface area (Å²) in [5, 5.41) is 1.25. The van der Waals surface area contributed by atoms with E-state index in [2.05, 4.69) is 18.7 Å². The Morgan fingerprint density at radius 3 is 2.32 bits per heavy atom. The summed E-state index contributed by atoms with van der Waals surface area (Å²) in [4.78, 5) is 23.0. The quantitative estimate of drug-likeness (QED) is 0.213. The van der Waals surface area contributed by atoms with Gasteiger partial charge in [0.1, 0.15) is 0 Å². The van der Waals surface area contributed by atoms with Crippen molar-refractivity contribution < 1.29 is 17.9 Å². The van der Waals surface area contributed by atoms with Crippen LogP contribution in [-0.2, 0) is 14.8 Å². The molecule has 1 saturated heterocycles. The fourth-order valence-corrected chi connectivity index (χ4v) is 7.88. The molecule has 2 heterocycles. The summed E-state index contributed by atoms with van der Waals surface area (Å²) in [7, 11) is -3.64. The van der Waals surface area contributed by atoms with E-state index < -0.39 is 10.0 Å². The molecule has 0 bridgehead atoms. The Hall–Kier alpha value is -2.08. The van der Waals surface area contributed by atoms with Gasteiger partial charge in [0.25, 0.3) is 5.91 Å². The molecule has 2 aromatic carbocycles. The number of nitrogens with zero attached hydrogens (tertiary/aromatic N) is 4. The summed E-state index contributed by atoms with van der Waals surface area (Å²) in [6, 6.07) is 10.1. The third-order valence-electron chi connectivity index (χ3n) is 7.34. The van der Waals surface area contributed by atoms with Crippen LogP contribution in [0.5, 0.6) is 0 Å². The number of thiazole rings is 1. The summed E-state index contributed by atoms with van der Waals surface area (Å²) in [6.07, 6.45) is 4.24. The van der Waals surface area contributed by atoms with Gasteiger partial charge in [0.15, 0.2) is 5.13 Å². The van der Waals surface area contributed by atoms with Crippen LogP contribution in [0.1, 0.15) is 61.9 Å². The van der Waals surface area contributed by atoms with Gasteiger partial charge in [-0.3, -0.25) is 14.6 Å². The summed E-state index contributed by atoms with van der Waals surface area (Å²) in [5.74, 6) is -0.201. The van der Waals surface area contributed by atoms with Gasteiger partial charge in [0.05, 0.1) is 28.3 Å². The fourth-order valence-electron chi connectivity index (χ4n) is 4.91. The average molecular weight is 621 g/mol. The van der Waals surface area contributed by atoms with Crippen molar-refractivity contribution in [3.05, 3.63) is 52.5 Å². The van der Waals surface area contributed by atoms with Crippen molar-refractivity contribution in [3.8, 4) is 0 Å². The molecule has 1 fully saturated rings. The minimum absolute atomic E-state index is 0.201. The molecular formula is C30H41ClN4O4S2. The molecule has 224 valence electrons. The average Bonchev–Trinajstić information content (AvgIpc) is 3.39. The Labute approximate surface area is 253 Å². The predicted octanol–water partition coefficient (Wildman–Crippen LogP) is 6.22. The first-order chi connectivity index (χ1) is 19.7. The van der Waals surface area contributed by atoms with Crippen LogP contribution in [-0.4, -0.2) is 81.0 Å². The molecule has 0 radical (unpaired) electrons. The molecule has 0 unspecified atom stereocenters. The van der Waals surface area contributed by atoms with Crippen LogP contribution in [0.25, 0.3) is 10.2 Å². The van der Waals surface area contributed by atoms with Crippen molar-refractivity contribution in [1.82, 2.24) is 14.2 Å². The van der Waals surface area contributed by atoms with Crippen LogP contribution < -0.4 is 4.90 Å². The Bertz CT molecular complexity index is 1400. The normalized spacial score (nSPS) is 14.7. The van der Waals surface area contributed by atoms with Gasteiger partial charge in [-0.15, -0.1) is 0 Å². The van der Waals surface area contributed by atoms with Gasteiger partial charge in [-0.05, 0) is 68.1 Å². The number of fused-ring (bicyclic) bond motifs is 1. The number of halogens is 1. The topological polar surface area (TPSA) is 83.1 Å². The molecule has 3 aromatic rings. The standard InChI is InChI=1S/C30H41ClN4O4S2/c1-4-6-14-34(15-7-5-2)41(37,38)26-11-9-24(10-12-26)29(36)35(16-8-13-33-17-19-39-20-18-33)30-32-28-23(3)21-25(31)22-27(28)40-30/h9-12,21-22H,4-8,13-20H2,1-3H3. The summed E-state index contributed by atoms with van der Waals surface area (Å²) in [6.45, 7) is 11.6. The van der Waals surface area contributed by atoms with Gasteiger partial charge in [-0.25, -0.2) is 13.4 Å². The first-order valence-corrected chi connectivity index (χ1v) is 17.2.